The zero-order valence-corrected chi connectivity index (χ0v) is 14.3. The van der Waals surface area contributed by atoms with Crippen molar-refractivity contribution in [3.8, 4) is 11.1 Å². The first-order chi connectivity index (χ1) is 12.0. The summed E-state index contributed by atoms with van der Waals surface area (Å²) in [5, 5.41) is 4.72. The van der Waals surface area contributed by atoms with Crippen LogP contribution in [-0.4, -0.2) is 15.7 Å². The molecule has 3 aromatic rings. The van der Waals surface area contributed by atoms with Crippen LogP contribution in [0.4, 0.5) is 5.69 Å². The van der Waals surface area contributed by atoms with E-state index in [1.54, 1.807) is 23.5 Å². The third-order valence-electron chi connectivity index (χ3n) is 4.36. The third-order valence-corrected chi connectivity index (χ3v) is 5.54. The molecule has 1 aromatic carbocycles. The maximum absolute atomic E-state index is 11.6. The molecule has 25 heavy (non-hydrogen) atoms. The Balaban J connectivity index is 1.74. The molecule has 0 bridgehead atoms. The van der Waals surface area contributed by atoms with Gasteiger partial charge in [-0.05, 0) is 35.6 Å². The van der Waals surface area contributed by atoms with Crippen LogP contribution < -0.4 is 11.3 Å². The van der Waals surface area contributed by atoms with Gasteiger partial charge in [-0.15, -0.1) is 11.3 Å². The predicted octanol–water partition coefficient (Wildman–Crippen LogP) is 3.09. The molecule has 0 saturated heterocycles. The summed E-state index contributed by atoms with van der Waals surface area (Å²) in [4.78, 5) is 20.8. The summed E-state index contributed by atoms with van der Waals surface area (Å²) in [7, 11) is 0. The summed E-state index contributed by atoms with van der Waals surface area (Å²) < 4.78 is 1.54. The number of aromatic amines is 1. The van der Waals surface area contributed by atoms with E-state index < -0.39 is 5.54 Å². The van der Waals surface area contributed by atoms with E-state index in [9.17, 15) is 4.79 Å². The van der Waals surface area contributed by atoms with Crippen LogP contribution in [0.1, 0.15) is 17.5 Å². The molecule has 1 atom stereocenters. The molecule has 0 amide bonds. The molecule has 1 aliphatic rings. The van der Waals surface area contributed by atoms with E-state index in [0.29, 0.717) is 12.1 Å². The molecule has 0 aliphatic carbocycles. The summed E-state index contributed by atoms with van der Waals surface area (Å²) in [6, 6.07) is 11.2. The molecule has 2 aromatic heterocycles. The van der Waals surface area contributed by atoms with Crippen molar-refractivity contribution in [2.45, 2.75) is 18.9 Å². The Morgan fingerprint density at radius 2 is 2.20 bits per heavy atom. The van der Waals surface area contributed by atoms with Gasteiger partial charge < -0.3 is 5.73 Å². The van der Waals surface area contributed by atoms with Crippen LogP contribution in [0, 0.1) is 6.57 Å². The summed E-state index contributed by atoms with van der Waals surface area (Å²) in [6.07, 6.45) is 0.592. The van der Waals surface area contributed by atoms with E-state index in [0.717, 1.165) is 21.7 Å². The molecule has 1 aliphatic heterocycles. The molecular weight excluding hydrogens is 334 g/mol. The fourth-order valence-electron chi connectivity index (χ4n) is 3.13. The topological polar surface area (TPSA) is 80.5 Å². The molecule has 3 heterocycles. The number of aromatic nitrogens is 2. The van der Waals surface area contributed by atoms with Crippen molar-refractivity contribution in [2.24, 2.45) is 10.7 Å². The third kappa shape index (κ3) is 2.57. The minimum Gasteiger partial charge on any atom is -0.368 e. The minimum atomic E-state index is -0.515. The van der Waals surface area contributed by atoms with E-state index in [1.807, 2.05) is 25.1 Å². The van der Waals surface area contributed by atoms with Gasteiger partial charge in [-0.25, -0.2) is 14.5 Å². The number of benzene rings is 1. The van der Waals surface area contributed by atoms with Crippen molar-refractivity contribution in [3.05, 3.63) is 74.1 Å². The molecule has 0 radical (unpaired) electrons. The van der Waals surface area contributed by atoms with Crippen LogP contribution in [0.5, 0.6) is 0 Å². The van der Waals surface area contributed by atoms with Crippen LogP contribution in [0.3, 0.4) is 0 Å². The number of aliphatic imine (C=N–C) groups is 1. The number of H-pyrrole nitrogens is 1. The Hall–Kier alpha value is -3.11. The van der Waals surface area contributed by atoms with Gasteiger partial charge in [0.05, 0.1) is 12.3 Å². The molecule has 0 unspecified atom stereocenters. The fraction of sp³-hybridized carbons (Fsp3) is 0.167. The fourth-order valence-corrected chi connectivity index (χ4v) is 4.15. The average Bonchev–Trinajstić information content (AvgIpc) is 3.22. The molecule has 3 N–H and O–H groups in total. The van der Waals surface area contributed by atoms with Crippen molar-refractivity contribution in [2.75, 3.05) is 0 Å². The van der Waals surface area contributed by atoms with Gasteiger partial charge in [0.2, 0.25) is 5.96 Å². The zero-order valence-electron chi connectivity index (χ0n) is 13.5. The summed E-state index contributed by atoms with van der Waals surface area (Å²) in [5.74, 6) is 0.288. The molecule has 7 heteroatoms. The van der Waals surface area contributed by atoms with Crippen LogP contribution >= 0.6 is 11.3 Å². The van der Waals surface area contributed by atoms with Gasteiger partial charge in [0.25, 0.3) is 5.56 Å². The van der Waals surface area contributed by atoms with Gasteiger partial charge in [-0.2, -0.15) is 0 Å². The highest BCUT2D eigenvalue weighted by Gasteiger charge is 2.34. The van der Waals surface area contributed by atoms with Gasteiger partial charge in [0.1, 0.15) is 5.54 Å². The Morgan fingerprint density at radius 1 is 1.36 bits per heavy atom. The lowest BCUT2D eigenvalue weighted by Gasteiger charge is -2.29. The van der Waals surface area contributed by atoms with Gasteiger partial charge in [-0.1, -0.05) is 18.2 Å². The second-order valence-corrected chi connectivity index (χ2v) is 7.14. The van der Waals surface area contributed by atoms with Crippen molar-refractivity contribution < 1.29 is 0 Å². The van der Waals surface area contributed by atoms with Gasteiger partial charge >= 0.3 is 0 Å². The lowest BCUT2D eigenvalue weighted by atomic mass is 9.92. The first-order valence-electron chi connectivity index (χ1n) is 7.72. The highest BCUT2D eigenvalue weighted by molar-refractivity contribution is 7.10. The summed E-state index contributed by atoms with van der Waals surface area (Å²) in [5.41, 5.74) is 8.85. The second kappa shape index (κ2) is 5.46. The largest absolute Gasteiger partial charge is 0.368 e. The zero-order chi connectivity index (χ0) is 17.6. The second-order valence-electron chi connectivity index (χ2n) is 6.23. The van der Waals surface area contributed by atoms with E-state index in [2.05, 4.69) is 26.4 Å². The normalized spacial score (nSPS) is 19.1. The maximum Gasteiger partial charge on any atom is 0.264 e. The van der Waals surface area contributed by atoms with Crippen LogP contribution in [-0.2, 0) is 12.0 Å². The number of nitrogens with two attached hydrogens (primary N) is 1. The first-order valence-corrected chi connectivity index (χ1v) is 8.60. The Labute approximate surface area is 148 Å². The molecule has 0 fully saturated rings. The number of rotatable bonds is 2. The summed E-state index contributed by atoms with van der Waals surface area (Å²) >= 11 is 1.61. The number of nitrogens with zero attached hydrogens (tertiary/aromatic N) is 3. The number of hydrogen-bond acceptors (Lipinski definition) is 4. The minimum absolute atomic E-state index is 0.180. The van der Waals surface area contributed by atoms with Crippen molar-refractivity contribution >= 4 is 23.0 Å². The molecule has 0 spiro atoms. The van der Waals surface area contributed by atoms with Gasteiger partial charge in [0, 0.05) is 17.4 Å². The highest BCUT2D eigenvalue weighted by Crippen LogP contribution is 2.39. The Kier molecular flexibility index (Phi) is 3.37. The SMILES string of the molecule is [C-]#[N+]c1cccc(-c2csc([C@]3(C)Cc4cc(=O)[nH]n4C(N)=N3)c2)c1. The highest BCUT2D eigenvalue weighted by atomic mass is 32.1. The first kappa shape index (κ1) is 15.4. The number of nitrogens with one attached hydrogen (secondary N) is 1. The van der Waals surface area contributed by atoms with Crippen molar-refractivity contribution in [3.63, 3.8) is 0 Å². The molecule has 0 saturated carbocycles. The number of fused-ring (bicyclic) bond motifs is 1. The van der Waals surface area contributed by atoms with Crippen molar-refractivity contribution in [1.29, 1.82) is 0 Å². The molecule has 6 nitrogen and oxygen atoms in total. The number of hydrogen-bond donors (Lipinski definition) is 2. The number of thiophene rings is 1. The smallest absolute Gasteiger partial charge is 0.264 e. The molecule has 4 rings (SSSR count). The van der Waals surface area contributed by atoms with E-state index >= 15 is 0 Å². The molecule has 124 valence electrons. The Bertz CT molecular complexity index is 1100. The predicted molar refractivity (Wildman–Crippen MR) is 99.1 cm³/mol. The maximum atomic E-state index is 11.6. The Morgan fingerprint density at radius 3 is 3.00 bits per heavy atom. The van der Waals surface area contributed by atoms with E-state index in [1.165, 1.54) is 4.68 Å². The lowest BCUT2D eigenvalue weighted by Crippen LogP contribution is -2.37. The lowest BCUT2D eigenvalue weighted by molar-refractivity contribution is 0.471. The van der Waals surface area contributed by atoms with Crippen molar-refractivity contribution in [1.82, 2.24) is 9.78 Å². The van der Waals surface area contributed by atoms with E-state index in [4.69, 9.17) is 12.3 Å². The van der Waals surface area contributed by atoms with Gasteiger partial charge in [0.15, 0.2) is 5.69 Å². The monoisotopic (exact) mass is 349 g/mol. The van der Waals surface area contributed by atoms with Crippen LogP contribution in [0.25, 0.3) is 16.0 Å². The van der Waals surface area contributed by atoms with Crippen LogP contribution in [0.2, 0.25) is 0 Å². The average molecular weight is 349 g/mol. The van der Waals surface area contributed by atoms with Gasteiger partial charge in [-0.3, -0.25) is 9.89 Å². The quantitative estimate of drug-likeness (QED) is 0.697. The van der Waals surface area contributed by atoms with Crippen LogP contribution in [0.15, 0.2) is 51.6 Å². The molecular formula is C18H15N5OS. The van der Waals surface area contributed by atoms with E-state index in [-0.39, 0.29) is 11.5 Å². The summed E-state index contributed by atoms with van der Waals surface area (Å²) in [6.45, 7) is 9.18. The standard InChI is InChI=1S/C18H15N5OS/c1-18(9-14-8-16(24)22-23(14)17(19)21-18)15-7-12(10-25-15)11-4-3-5-13(6-11)20-2/h3-8,10H,9H2,1H3,(H2,19,21)(H,22,24)/t18-/m0/s1.